The number of nitrogens with one attached hydrogen (secondary N) is 1. The highest BCUT2D eigenvalue weighted by atomic mass is 16.5. The highest BCUT2D eigenvalue weighted by Gasteiger charge is 2.29. The van der Waals surface area contributed by atoms with Crippen molar-refractivity contribution in [3.63, 3.8) is 0 Å². The Kier molecular flexibility index (Phi) is 6.09. The van der Waals surface area contributed by atoms with E-state index in [1.165, 1.54) is 0 Å². The summed E-state index contributed by atoms with van der Waals surface area (Å²) >= 11 is 0. The van der Waals surface area contributed by atoms with Gasteiger partial charge >= 0.3 is 0 Å². The van der Waals surface area contributed by atoms with Crippen molar-refractivity contribution in [2.45, 2.75) is 39.7 Å². The average Bonchev–Trinajstić information content (AvgIpc) is 3.38. The molecule has 0 saturated carbocycles. The smallest absolute Gasteiger partial charge is 0.290 e. The van der Waals surface area contributed by atoms with E-state index in [0.717, 1.165) is 40.6 Å². The summed E-state index contributed by atoms with van der Waals surface area (Å²) in [7, 11) is 0. The lowest BCUT2D eigenvalue weighted by atomic mass is 10.1. The number of rotatable bonds is 6. The van der Waals surface area contributed by atoms with Crippen LogP contribution in [0.5, 0.6) is 0 Å². The molecule has 4 rings (SSSR count). The standard InChI is InChI=1S/C25H28N2O4/c1-16-8-6-11-21(17(16)2)26-23(28)15-27(14-19-9-7-13-30-19)25(29)24-18(3)20-10-4-5-12-22(20)31-24/h4-6,8,10-12,19H,7,9,13-15H2,1-3H3,(H,26,28)/t19-/m0/s1. The van der Waals surface area contributed by atoms with Crippen molar-refractivity contribution in [1.82, 2.24) is 4.90 Å². The monoisotopic (exact) mass is 420 g/mol. The van der Waals surface area contributed by atoms with Crippen LogP contribution in [0.2, 0.25) is 0 Å². The summed E-state index contributed by atoms with van der Waals surface area (Å²) in [5, 5.41) is 3.86. The number of ether oxygens (including phenoxy) is 1. The first-order valence-electron chi connectivity index (χ1n) is 10.7. The van der Waals surface area contributed by atoms with Crippen LogP contribution in [0.3, 0.4) is 0 Å². The molecule has 162 valence electrons. The number of nitrogens with zero attached hydrogens (tertiary/aromatic N) is 1. The van der Waals surface area contributed by atoms with Gasteiger partial charge in [-0.15, -0.1) is 0 Å². The second kappa shape index (κ2) is 8.94. The number of amides is 2. The predicted molar refractivity (Wildman–Crippen MR) is 120 cm³/mol. The average molecular weight is 421 g/mol. The Bertz CT molecular complexity index is 1110. The van der Waals surface area contributed by atoms with Crippen molar-refractivity contribution in [2.24, 2.45) is 0 Å². The van der Waals surface area contributed by atoms with Gasteiger partial charge in [0.15, 0.2) is 5.76 Å². The molecule has 1 aliphatic rings. The molecule has 0 spiro atoms. The molecule has 3 aromatic rings. The van der Waals surface area contributed by atoms with Crippen LogP contribution in [-0.4, -0.2) is 42.5 Å². The van der Waals surface area contributed by atoms with E-state index < -0.39 is 0 Å². The molecule has 0 bridgehead atoms. The minimum Gasteiger partial charge on any atom is -0.451 e. The zero-order chi connectivity index (χ0) is 22.0. The van der Waals surface area contributed by atoms with E-state index in [2.05, 4.69) is 5.32 Å². The Morgan fingerprint density at radius 2 is 1.87 bits per heavy atom. The molecule has 6 heteroatoms. The molecule has 2 aromatic carbocycles. The Morgan fingerprint density at radius 1 is 1.06 bits per heavy atom. The van der Waals surface area contributed by atoms with Gasteiger partial charge in [0, 0.05) is 29.8 Å². The van der Waals surface area contributed by atoms with Gasteiger partial charge in [-0.1, -0.05) is 30.3 Å². The molecule has 1 aromatic heterocycles. The normalized spacial score (nSPS) is 15.9. The number of furan rings is 1. The number of hydrogen-bond donors (Lipinski definition) is 1. The zero-order valence-corrected chi connectivity index (χ0v) is 18.2. The van der Waals surface area contributed by atoms with Crippen LogP contribution in [0.4, 0.5) is 5.69 Å². The van der Waals surface area contributed by atoms with Gasteiger partial charge in [-0.3, -0.25) is 9.59 Å². The van der Waals surface area contributed by atoms with E-state index in [-0.39, 0.29) is 30.2 Å². The van der Waals surface area contributed by atoms with Crippen LogP contribution in [0.1, 0.15) is 40.1 Å². The third-order valence-electron chi connectivity index (χ3n) is 5.99. The number of aryl methyl sites for hydroxylation is 2. The quantitative estimate of drug-likeness (QED) is 0.632. The summed E-state index contributed by atoms with van der Waals surface area (Å²) in [6, 6.07) is 13.4. The molecule has 0 aliphatic carbocycles. The van der Waals surface area contributed by atoms with Gasteiger partial charge in [0.1, 0.15) is 12.1 Å². The van der Waals surface area contributed by atoms with Gasteiger partial charge in [0.2, 0.25) is 5.91 Å². The predicted octanol–water partition coefficient (Wildman–Crippen LogP) is 4.62. The van der Waals surface area contributed by atoms with E-state index in [4.69, 9.17) is 9.15 Å². The number of carbonyl (C=O) groups is 2. The first-order valence-corrected chi connectivity index (χ1v) is 10.7. The summed E-state index contributed by atoms with van der Waals surface area (Å²) in [6.45, 7) is 6.82. The van der Waals surface area contributed by atoms with Crippen molar-refractivity contribution in [2.75, 3.05) is 25.0 Å². The van der Waals surface area contributed by atoms with Gasteiger partial charge in [-0.25, -0.2) is 0 Å². The van der Waals surface area contributed by atoms with E-state index in [1.807, 2.05) is 63.2 Å². The number of hydrogen-bond acceptors (Lipinski definition) is 4. The summed E-state index contributed by atoms with van der Waals surface area (Å²) < 4.78 is 11.6. The van der Waals surface area contributed by atoms with Gasteiger partial charge in [-0.05, 0) is 56.9 Å². The van der Waals surface area contributed by atoms with Crippen LogP contribution in [0.25, 0.3) is 11.0 Å². The highest BCUT2D eigenvalue weighted by Crippen LogP contribution is 2.27. The third-order valence-corrected chi connectivity index (χ3v) is 5.99. The first-order chi connectivity index (χ1) is 14.9. The maximum atomic E-state index is 13.4. The number of para-hydroxylation sites is 1. The molecule has 0 unspecified atom stereocenters. The van der Waals surface area contributed by atoms with Crippen molar-refractivity contribution < 1.29 is 18.7 Å². The molecule has 2 heterocycles. The number of anilines is 1. The van der Waals surface area contributed by atoms with Crippen LogP contribution < -0.4 is 5.32 Å². The zero-order valence-electron chi connectivity index (χ0n) is 18.2. The molecule has 6 nitrogen and oxygen atoms in total. The summed E-state index contributed by atoms with van der Waals surface area (Å²) in [5.74, 6) is -0.257. The van der Waals surface area contributed by atoms with Crippen LogP contribution in [0.15, 0.2) is 46.9 Å². The second-order valence-electron chi connectivity index (χ2n) is 8.17. The van der Waals surface area contributed by atoms with Gasteiger partial charge < -0.3 is 19.4 Å². The third kappa shape index (κ3) is 4.49. The molecular weight excluding hydrogens is 392 g/mol. The van der Waals surface area contributed by atoms with E-state index in [0.29, 0.717) is 18.7 Å². The summed E-state index contributed by atoms with van der Waals surface area (Å²) in [5.41, 5.74) is 4.33. The van der Waals surface area contributed by atoms with Gasteiger partial charge in [0.05, 0.1) is 6.10 Å². The minimum absolute atomic E-state index is 0.0669. The van der Waals surface area contributed by atoms with Crippen molar-refractivity contribution in [3.8, 4) is 0 Å². The van der Waals surface area contributed by atoms with Gasteiger partial charge in [0.25, 0.3) is 5.91 Å². The van der Waals surface area contributed by atoms with Crippen molar-refractivity contribution in [3.05, 3.63) is 64.9 Å². The van der Waals surface area contributed by atoms with Crippen LogP contribution in [0, 0.1) is 20.8 Å². The van der Waals surface area contributed by atoms with Crippen molar-refractivity contribution in [1.29, 1.82) is 0 Å². The second-order valence-corrected chi connectivity index (χ2v) is 8.17. The molecule has 0 radical (unpaired) electrons. The van der Waals surface area contributed by atoms with E-state index in [1.54, 1.807) is 4.90 Å². The topological polar surface area (TPSA) is 71.8 Å². The Morgan fingerprint density at radius 3 is 2.61 bits per heavy atom. The lowest BCUT2D eigenvalue weighted by Gasteiger charge is -2.24. The van der Waals surface area contributed by atoms with Crippen molar-refractivity contribution >= 4 is 28.5 Å². The van der Waals surface area contributed by atoms with Crippen LogP contribution in [-0.2, 0) is 9.53 Å². The fourth-order valence-electron chi connectivity index (χ4n) is 4.02. The molecule has 1 N–H and O–H groups in total. The molecule has 2 amide bonds. The molecule has 1 saturated heterocycles. The molecule has 1 atom stereocenters. The maximum absolute atomic E-state index is 13.4. The molecule has 31 heavy (non-hydrogen) atoms. The van der Waals surface area contributed by atoms with Crippen LogP contribution >= 0.6 is 0 Å². The molecule has 1 fully saturated rings. The largest absolute Gasteiger partial charge is 0.451 e. The van der Waals surface area contributed by atoms with Gasteiger partial charge in [-0.2, -0.15) is 0 Å². The fourth-order valence-corrected chi connectivity index (χ4v) is 4.02. The minimum atomic E-state index is -0.291. The highest BCUT2D eigenvalue weighted by molar-refractivity contribution is 6.02. The maximum Gasteiger partial charge on any atom is 0.290 e. The number of fused-ring (bicyclic) bond motifs is 1. The lowest BCUT2D eigenvalue weighted by molar-refractivity contribution is -0.117. The summed E-state index contributed by atoms with van der Waals surface area (Å²) in [6.07, 6.45) is 1.77. The SMILES string of the molecule is Cc1cccc(NC(=O)CN(C[C@@H]2CCCO2)C(=O)c2oc3ccccc3c2C)c1C. The number of carbonyl (C=O) groups excluding carboxylic acids is 2. The molecule has 1 aliphatic heterocycles. The number of benzene rings is 2. The fraction of sp³-hybridized carbons (Fsp3) is 0.360. The Hall–Kier alpha value is -3.12. The lowest BCUT2D eigenvalue weighted by Crippen LogP contribution is -2.42. The Balaban J connectivity index is 1.57. The van der Waals surface area contributed by atoms with E-state index in [9.17, 15) is 9.59 Å². The molecular formula is C25H28N2O4. The Labute approximate surface area is 182 Å². The first kappa shape index (κ1) is 21.1. The summed E-state index contributed by atoms with van der Waals surface area (Å²) in [4.78, 5) is 27.8. The van der Waals surface area contributed by atoms with E-state index >= 15 is 0 Å².